The van der Waals surface area contributed by atoms with Crippen molar-refractivity contribution in [2.45, 2.75) is 10.1 Å². The fourth-order valence-corrected chi connectivity index (χ4v) is 3.96. The van der Waals surface area contributed by atoms with Gasteiger partial charge in [-0.2, -0.15) is 0 Å². The number of thioether (sulfide) groups is 2. The highest BCUT2D eigenvalue weighted by Gasteiger charge is 2.08. The number of carbonyl (C=O) groups is 1. The van der Waals surface area contributed by atoms with Gasteiger partial charge in [-0.15, -0.1) is 22.0 Å². The van der Waals surface area contributed by atoms with Crippen LogP contribution in [-0.4, -0.2) is 28.1 Å². The van der Waals surface area contributed by atoms with Crippen molar-refractivity contribution < 1.29 is 4.79 Å². The van der Waals surface area contributed by atoms with Crippen LogP contribution < -0.4 is 5.32 Å². The lowest BCUT2D eigenvalue weighted by Gasteiger charge is -2.04. The summed E-state index contributed by atoms with van der Waals surface area (Å²) in [5.74, 6) is 0.872. The van der Waals surface area contributed by atoms with Crippen LogP contribution in [0.1, 0.15) is 5.56 Å². The Balaban J connectivity index is 1.78. The van der Waals surface area contributed by atoms with Crippen LogP contribution in [0.15, 0.2) is 22.5 Å². The molecule has 1 aromatic heterocycles. The van der Waals surface area contributed by atoms with Crippen LogP contribution in [-0.2, 0) is 10.5 Å². The van der Waals surface area contributed by atoms with E-state index in [2.05, 4.69) is 15.5 Å². The highest BCUT2D eigenvalue weighted by Crippen LogP contribution is 2.25. The predicted molar refractivity (Wildman–Crippen MR) is 92.9 cm³/mol. The van der Waals surface area contributed by atoms with Crippen molar-refractivity contribution in [1.82, 2.24) is 10.2 Å². The molecule has 2 rings (SSSR count). The Kier molecular flexibility index (Phi) is 6.63. The van der Waals surface area contributed by atoms with E-state index in [0.717, 1.165) is 9.90 Å². The summed E-state index contributed by atoms with van der Waals surface area (Å²) in [6.07, 6.45) is 1.91. The Morgan fingerprint density at radius 3 is 2.86 bits per heavy atom. The monoisotopic (exact) mass is 379 g/mol. The molecule has 1 heterocycles. The summed E-state index contributed by atoms with van der Waals surface area (Å²) in [5.41, 5.74) is 0.958. The number of halogens is 2. The van der Waals surface area contributed by atoms with Crippen molar-refractivity contribution in [3.8, 4) is 0 Å². The summed E-state index contributed by atoms with van der Waals surface area (Å²) in [6.45, 7) is 0. The first kappa shape index (κ1) is 16.9. The first-order chi connectivity index (χ1) is 10.1. The van der Waals surface area contributed by atoms with E-state index in [9.17, 15) is 4.79 Å². The van der Waals surface area contributed by atoms with E-state index in [0.29, 0.717) is 26.7 Å². The Hall–Kier alpha value is -0.470. The largest absolute Gasteiger partial charge is 0.300 e. The van der Waals surface area contributed by atoms with Gasteiger partial charge < -0.3 is 0 Å². The fourth-order valence-electron chi connectivity index (χ4n) is 1.39. The van der Waals surface area contributed by atoms with Gasteiger partial charge in [0.15, 0.2) is 4.34 Å². The third-order valence-corrected chi connectivity index (χ3v) is 5.72. The molecule has 0 saturated heterocycles. The molecule has 1 aromatic carbocycles. The van der Waals surface area contributed by atoms with Crippen LogP contribution in [0, 0.1) is 0 Å². The maximum Gasteiger partial charge on any atom is 0.236 e. The van der Waals surface area contributed by atoms with E-state index < -0.39 is 0 Å². The average Bonchev–Trinajstić information content (AvgIpc) is 2.89. The number of benzene rings is 1. The van der Waals surface area contributed by atoms with Gasteiger partial charge in [-0.3, -0.25) is 10.1 Å². The minimum Gasteiger partial charge on any atom is -0.300 e. The first-order valence-corrected chi connectivity index (χ1v) is 9.72. The Morgan fingerprint density at radius 1 is 1.38 bits per heavy atom. The van der Waals surface area contributed by atoms with Crippen molar-refractivity contribution in [1.29, 1.82) is 0 Å². The van der Waals surface area contributed by atoms with Crippen LogP contribution in [0.4, 0.5) is 5.13 Å². The zero-order chi connectivity index (χ0) is 15.2. The molecule has 9 heteroatoms. The minimum atomic E-state index is -0.103. The van der Waals surface area contributed by atoms with E-state index >= 15 is 0 Å². The standard InChI is InChI=1S/C12H11Cl2N3OS3/c1-19-12-17-16-11(21-12)15-10(18)6-20-5-7-2-3-8(13)4-9(7)14/h2-4H,5-6H2,1H3,(H,15,16,18). The molecule has 112 valence electrons. The molecular weight excluding hydrogens is 369 g/mol. The lowest BCUT2D eigenvalue weighted by atomic mass is 10.2. The molecule has 1 N–H and O–H groups in total. The summed E-state index contributed by atoms with van der Waals surface area (Å²) < 4.78 is 0.825. The normalized spacial score (nSPS) is 10.6. The number of amides is 1. The van der Waals surface area contributed by atoms with Gasteiger partial charge in [0.2, 0.25) is 11.0 Å². The van der Waals surface area contributed by atoms with Crippen LogP contribution in [0.25, 0.3) is 0 Å². The number of anilines is 1. The smallest absolute Gasteiger partial charge is 0.236 e. The molecule has 21 heavy (non-hydrogen) atoms. The molecule has 0 bridgehead atoms. The quantitative estimate of drug-likeness (QED) is 0.593. The van der Waals surface area contributed by atoms with Crippen molar-refractivity contribution in [3.05, 3.63) is 33.8 Å². The molecule has 1 amide bonds. The molecule has 0 aliphatic rings. The van der Waals surface area contributed by atoms with Crippen LogP contribution in [0.2, 0.25) is 10.0 Å². The van der Waals surface area contributed by atoms with E-state index in [1.165, 1.54) is 34.9 Å². The third-order valence-electron chi connectivity index (χ3n) is 2.33. The summed E-state index contributed by atoms with van der Waals surface area (Å²) in [4.78, 5) is 11.8. The fraction of sp³-hybridized carbons (Fsp3) is 0.250. The molecule has 0 aliphatic heterocycles. The van der Waals surface area contributed by atoms with Crippen molar-refractivity contribution in [3.63, 3.8) is 0 Å². The van der Waals surface area contributed by atoms with E-state index in [1.54, 1.807) is 12.1 Å². The van der Waals surface area contributed by atoms with E-state index in [-0.39, 0.29) is 5.91 Å². The number of carbonyl (C=O) groups excluding carboxylic acids is 1. The first-order valence-electron chi connectivity index (χ1n) is 5.77. The SMILES string of the molecule is CSc1nnc(NC(=O)CSCc2ccc(Cl)cc2Cl)s1. The second-order valence-electron chi connectivity index (χ2n) is 3.85. The zero-order valence-corrected chi connectivity index (χ0v) is 14.9. The molecule has 0 atom stereocenters. The molecular formula is C12H11Cl2N3OS3. The van der Waals surface area contributed by atoms with Gasteiger partial charge in [-0.05, 0) is 24.0 Å². The minimum absolute atomic E-state index is 0.103. The van der Waals surface area contributed by atoms with Gasteiger partial charge in [0, 0.05) is 15.8 Å². The van der Waals surface area contributed by atoms with Crippen LogP contribution in [0.3, 0.4) is 0 Å². The summed E-state index contributed by atoms with van der Waals surface area (Å²) in [6, 6.07) is 5.35. The number of nitrogens with zero attached hydrogens (tertiary/aromatic N) is 2. The second-order valence-corrected chi connectivity index (χ2v) is 7.71. The number of hydrogen-bond acceptors (Lipinski definition) is 6. The zero-order valence-electron chi connectivity index (χ0n) is 10.9. The Bertz CT molecular complexity index is 636. The van der Waals surface area contributed by atoms with Crippen molar-refractivity contribution in [2.75, 3.05) is 17.3 Å². The van der Waals surface area contributed by atoms with E-state index in [1.807, 2.05) is 12.3 Å². The summed E-state index contributed by atoms with van der Waals surface area (Å²) in [7, 11) is 0. The lowest BCUT2D eigenvalue weighted by Crippen LogP contribution is -2.14. The highest BCUT2D eigenvalue weighted by molar-refractivity contribution is 8.00. The van der Waals surface area contributed by atoms with Gasteiger partial charge in [-0.25, -0.2) is 0 Å². The lowest BCUT2D eigenvalue weighted by molar-refractivity contribution is -0.113. The molecule has 2 aromatic rings. The molecule has 0 spiro atoms. The number of rotatable bonds is 6. The molecule has 0 unspecified atom stereocenters. The number of hydrogen-bond donors (Lipinski definition) is 1. The summed E-state index contributed by atoms with van der Waals surface area (Å²) >= 11 is 16.2. The third kappa shape index (κ3) is 5.34. The number of aromatic nitrogens is 2. The van der Waals surface area contributed by atoms with Crippen LogP contribution >= 0.6 is 58.1 Å². The van der Waals surface area contributed by atoms with Crippen molar-refractivity contribution in [2.24, 2.45) is 0 Å². The van der Waals surface area contributed by atoms with Gasteiger partial charge in [0.05, 0.1) is 5.75 Å². The molecule has 4 nitrogen and oxygen atoms in total. The maximum absolute atomic E-state index is 11.8. The number of nitrogens with one attached hydrogen (secondary N) is 1. The van der Waals surface area contributed by atoms with Gasteiger partial charge in [-0.1, -0.05) is 52.4 Å². The summed E-state index contributed by atoms with van der Waals surface area (Å²) in [5, 5.41) is 12.3. The van der Waals surface area contributed by atoms with E-state index in [4.69, 9.17) is 23.2 Å². The maximum atomic E-state index is 11.8. The Morgan fingerprint density at radius 2 is 2.19 bits per heavy atom. The van der Waals surface area contributed by atoms with Gasteiger partial charge in [0.25, 0.3) is 0 Å². The second kappa shape index (κ2) is 8.24. The molecule has 0 saturated carbocycles. The van der Waals surface area contributed by atoms with Gasteiger partial charge >= 0.3 is 0 Å². The average molecular weight is 380 g/mol. The van der Waals surface area contributed by atoms with Crippen molar-refractivity contribution >= 4 is 69.1 Å². The van der Waals surface area contributed by atoms with Crippen LogP contribution in [0.5, 0.6) is 0 Å². The Labute approximate surface area is 145 Å². The molecule has 0 fully saturated rings. The topological polar surface area (TPSA) is 54.9 Å². The molecule has 0 radical (unpaired) electrons. The predicted octanol–water partition coefficient (Wildman–Crippen LogP) is 4.44. The highest BCUT2D eigenvalue weighted by atomic mass is 35.5. The molecule has 0 aliphatic carbocycles. The van der Waals surface area contributed by atoms with Gasteiger partial charge in [0.1, 0.15) is 0 Å².